The highest BCUT2D eigenvalue weighted by Crippen LogP contribution is 2.38. The number of hydrogen-bond donors (Lipinski definition) is 0. The molecule has 0 radical (unpaired) electrons. The summed E-state index contributed by atoms with van der Waals surface area (Å²) in [4.78, 5) is 0. The molecule has 0 aliphatic heterocycles. The van der Waals surface area contributed by atoms with Crippen LogP contribution in [0.2, 0.25) is 0 Å². The molecule has 0 aromatic heterocycles. The van der Waals surface area contributed by atoms with Crippen LogP contribution in [0.5, 0.6) is 0 Å². The van der Waals surface area contributed by atoms with Crippen molar-refractivity contribution in [1.29, 1.82) is 0 Å². The fourth-order valence-corrected chi connectivity index (χ4v) is 3.88. The molecule has 2 heteroatoms. The molecule has 14 heavy (non-hydrogen) atoms. The maximum atomic E-state index is 2.27. The minimum Gasteiger partial charge on any atom is -0.0933 e. The summed E-state index contributed by atoms with van der Waals surface area (Å²) in [5.41, 5.74) is 1.42. The zero-order valence-corrected chi connectivity index (χ0v) is 10.7. The Bertz CT molecular complexity index is 244. The molecule has 1 unspecified atom stereocenters. The quantitative estimate of drug-likeness (QED) is 0.662. The maximum absolute atomic E-state index is 2.27. The van der Waals surface area contributed by atoms with Gasteiger partial charge in [-0.05, 0) is 18.4 Å². The van der Waals surface area contributed by atoms with E-state index in [9.17, 15) is 0 Å². The fraction of sp³-hybridized carbons (Fsp3) is 0.500. The van der Waals surface area contributed by atoms with E-state index in [-0.39, 0.29) is 0 Å². The third-order valence-electron chi connectivity index (χ3n) is 1.88. The van der Waals surface area contributed by atoms with Crippen molar-refractivity contribution in [3.05, 3.63) is 35.9 Å². The van der Waals surface area contributed by atoms with E-state index in [2.05, 4.69) is 51.1 Å². The lowest BCUT2D eigenvalue weighted by atomic mass is 10.2. The second kappa shape index (κ2) is 6.41. The van der Waals surface area contributed by atoms with Crippen molar-refractivity contribution in [2.24, 2.45) is 5.92 Å². The smallest absolute Gasteiger partial charge is 0.0372 e. The van der Waals surface area contributed by atoms with Crippen LogP contribution in [0.3, 0.4) is 0 Å². The van der Waals surface area contributed by atoms with Gasteiger partial charge < -0.3 is 0 Å². The lowest BCUT2D eigenvalue weighted by molar-refractivity contribution is 0.752. The van der Waals surface area contributed by atoms with Gasteiger partial charge in [0.1, 0.15) is 0 Å². The van der Waals surface area contributed by atoms with Gasteiger partial charge >= 0.3 is 0 Å². The average Bonchev–Trinajstić information content (AvgIpc) is 2.18. The number of hydrogen-bond acceptors (Lipinski definition) is 2. The van der Waals surface area contributed by atoms with Crippen LogP contribution in [0, 0.1) is 5.92 Å². The summed E-state index contributed by atoms with van der Waals surface area (Å²) in [7, 11) is 3.96. The van der Waals surface area contributed by atoms with Crippen LogP contribution in [-0.2, 0) is 0 Å². The summed E-state index contributed by atoms with van der Waals surface area (Å²) in [6.45, 7) is 6.80. The standard InChI is InChI=1S/C12H18S2/c1-10(2)9-13-14-11(3)12-7-5-4-6-8-12/h4-8,10-11H,9H2,1-3H3. The Balaban J connectivity index is 2.32. The first-order chi connectivity index (χ1) is 6.70. The van der Waals surface area contributed by atoms with Gasteiger partial charge in [-0.25, -0.2) is 0 Å². The van der Waals surface area contributed by atoms with E-state index in [1.807, 2.05) is 21.6 Å². The SMILES string of the molecule is CC(C)CSSC(C)c1ccccc1. The van der Waals surface area contributed by atoms with Gasteiger partial charge in [-0.2, -0.15) is 0 Å². The summed E-state index contributed by atoms with van der Waals surface area (Å²) in [6.07, 6.45) is 0. The lowest BCUT2D eigenvalue weighted by Gasteiger charge is -2.11. The first-order valence-electron chi connectivity index (χ1n) is 5.03. The number of rotatable bonds is 5. The number of benzene rings is 1. The third kappa shape index (κ3) is 4.43. The average molecular weight is 226 g/mol. The molecule has 0 saturated carbocycles. The van der Waals surface area contributed by atoms with Crippen molar-refractivity contribution < 1.29 is 0 Å². The first-order valence-corrected chi connectivity index (χ1v) is 7.41. The van der Waals surface area contributed by atoms with Gasteiger partial charge in [0.15, 0.2) is 0 Å². The summed E-state index contributed by atoms with van der Waals surface area (Å²) in [5, 5.41) is 0.597. The minimum absolute atomic E-state index is 0.597. The predicted octanol–water partition coefficient (Wildman–Crippen LogP) is 4.79. The first kappa shape index (κ1) is 12.0. The molecule has 1 rings (SSSR count). The third-order valence-corrected chi connectivity index (χ3v) is 5.06. The molecule has 0 amide bonds. The lowest BCUT2D eigenvalue weighted by Crippen LogP contribution is -1.90. The molecule has 1 aromatic rings. The van der Waals surface area contributed by atoms with Crippen LogP contribution < -0.4 is 0 Å². The summed E-state index contributed by atoms with van der Waals surface area (Å²) in [5.74, 6) is 2.03. The molecule has 0 aliphatic carbocycles. The Morgan fingerprint density at radius 1 is 1.07 bits per heavy atom. The van der Waals surface area contributed by atoms with E-state index < -0.39 is 0 Å². The maximum Gasteiger partial charge on any atom is 0.0372 e. The van der Waals surface area contributed by atoms with Crippen molar-refractivity contribution in [2.75, 3.05) is 5.75 Å². The summed E-state index contributed by atoms with van der Waals surface area (Å²) in [6, 6.07) is 10.7. The molecule has 0 fully saturated rings. The highest BCUT2D eigenvalue weighted by atomic mass is 33.1. The highest BCUT2D eigenvalue weighted by Gasteiger charge is 2.05. The van der Waals surface area contributed by atoms with E-state index >= 15 is 0 Å². The van der Waals surface area contributed by atoms with E-state index in [0.717, 1.165) is 5.92 Å². The normalized spacial score (nSPS) is 13.1. The molecule has 1 atom stereocenters. The van der Waals surface area contributed by atoms with Gasteiger partial charge in [0.2, 0.25) is 0 Å². The van der Waals surface area contributed by atoms with Crippen molar-refractivity contribution in [1.82, 2.24) is 0 Å². The molecule has 0 heterocycles. The van der Waals surface area contributed by atoms with Crippen LogP contribution in [-0.4, -0.2) is 5.75 Å². The zero-order valence-electron chi connectivity index (χ0n) is 9.07. The van der Waals surface area contributed by atoms with Gasteiger partial charge in [0, 0.05) is 11.0 Å². The molecule has 0 aliphatic rings. The second-order valence-corrected chi connectivity index (χ2v) is 6.58. The molecule has 0 saturated heterocycles. The summed E-state index contributed by atoms with van der Waals surface area (Å²) < 4.78 is 0. The van der Waals surface area contributed by atoms with Gasteiger partial charge in [0.25, 0.3) is 0 Å². The van der Waals surface area contributed by atoms with Crippen molar-refractivity contribution in [2.45, 2.75) is 26.0 Å². The van der Waals surface area contributed by atoms with Crippen LogP contribution >= 0.6 is 21.6 Å². The van der Waals surface area contributed by atoms with Crippen LogP contribution in [0.15, 0.2) is 30.3 Å². The van der Waals surface area contributed by atoms with E-state index in [0.29, 0.717) is 5.25 Å². The van der Waals surface area contributed by atoms with Gasteiger partial charge in [-0.15, -0.1) is 0 Å². The van der Waals surface area contributed by atoms with Crippen molar-refractivity contribution >= 4 is 21.6 Å². The Kier molecular flexibility index (Phi) is 5.49. The van der Waals surface area contributed by atoms with Crippen molar-refractivity contribution in [3.63, 3.8) is 0 Å². The monoisotopic (exact) mass is 226 g/mol. The Morgan fingerprint density at radius 3 is 2.29 bits per heavy atom. The topological polar surface area (TPSA) is 0 Å². The fourth-order valence-electron chi connectivity index (χ4n) is 1.06. The summed E-state index contributed by atoms with van der Waals surface area (Å²) >= 11 is 0. The highest BCUT2D eigenvalue weighted by molar-refractivity contribution is 8.76. The molecule has 78 valence electrons. The molecule has 1 aromatic carbocycles. The molecular weight excluding hydrogens is 208 g/mol. The molecule has 0 spiro atoms. The van der Waals surface area contributed by atoms with Gasteiger partial charge in [-0.3, -0.25) is 0 Å². The van der Waals surface area contributed by atoms with E-state index in [4.69, 9.17) is 0 Å². The Labute approximate surface area is 95.3 Å². The Morgan fingerprint density at radius 2 is 1.71 bits per heavy atom. The largest absolute Gasteiger partial charge is 0.0933 e. The minimum atomic E-state index is 0.597. The van der Waals surface area contributed by atoms with Gasteiger partial charge in [-0.1, -0.05) is 65.8 Å². The van der Waals surface area contributed by atoms with Crippen LogP contribution in [0.25, 0.3) is 0 Å². The van der Waals surface area contributed by atoms with E-state index in [1.165, 1.54) is 11.3 Å². The van der Waals surface area contributed by atoms with Crippen LogP contribution in [0.1, 0.15) is 31.6 Å². The van der Waals surface area contributed by atoms with Gasteiger partial charge in [0.05, 0.1) is 0 Å². The zero-order chi connectivity index (χ0) is 10.4. The van der Waals surface area contributed by atoms with Crippen LogP contribution in [0.4, 0.5) is 0 Å². The van der Waals surface area contributed by atoms with Crippen molar-refractivity contribution in [3.8, 4) is 0 Å². The molecule has 0 N–H and O–H groups in total. The van der Waals surface area contributed by atoms with E-state index in [1.54, 1.807) is 0 Å². The molecular formula is C12H18S2. The predicted molar refractivity (Wildman–Crippen MR) is 69.7 cm³/mol. The second-order valence-electron chi connectivity index (χ2n) is 3.83. The Hall–Kier alpha value is -0.0800. The molecule has 0 bridgehead atoms. The molecule has 0 nitrogen and oxygen atoms in total.